The minimum absolute atomic E-state index is 0.349. The molecule has 0 saturated carbocycles. The van der Waals surface area contributed by atoms with E-state index >= 15 is 0 Å². The predicted octanol–water partition coefficient (Wildman–Crippen LogP) is 2.65. The van der Waals surface area contributed by atoms with E-state index in [0.717, 1.165) is 11.3 Å². The van der Waals surface area contributed by atoms with E-state index < -0.39 is 0 Å². The van der Waals surface area contributed by atoms with Crippen LogP contribution in [-0.4, -0.2) is 36.1 Å². The molecule has 3 aromatic rings. The molecule has 1 aromatic heterocycles. The zero-order chi connectivity index (χ0) is 18.4. The molecule has 7 heteroatoms. The molecule has 1 heterocycles. The zero-order valence-corrected chi connectivity index (χ0v) is 14.4. The van der Waals surface area contributed by atoms with Crippen LogP contribution < -0.4 is 14.9 Å². The lowest BCUT2D eigenvalue weighted by Gasteiger charge is -2.08. The Balaban J connectivity index is 1.65. The van der Waals surface area contributed by atoms with Gasteiger partial charge in [0.2, 0.25) is 0 Å². The molecular weight excluding hydrogens is 332 g/mol. The minimum Gasteiger partial charge on any atom is -0.493 e. The van der Waals surface area contributed by atoms with Gasteiger partial charge in [0.05, 0.1) is 32.3 Å². The zero-order valence-electron chi connectivity index (χ0n) is 14.4. The monoisotopic (exact) mass is 350 g/mol. The summed E-state index contributed by atoms with van der Waals surface area (Å²) in [6.45, 7) is 0. The Hall–Kier alpha value is -3.61. The summed E-state index contributed by atoms with van der Waals surface area (Å²) in [5.41, 5.74) is 4.61. The molecule has 7 nitrogen and oxygen atoms in total. The highest BCUT2D eigenvalue weighted by Gasteiger charge is 2.10. The van der Waals surface area contributed by atoms with Crippen molar-refractivity contribution in [3.63, 3.8) is 0 Å². The average Bonchev–Trinajstić information content (AvgIpc) is 3.17. The number of amides is 1. The van der Waals surface area contributed by atoms with Gasteiger partial charge < -0.3 is 9.47 Å². The SMILES string of the molecule is COc1ccc(C(=O)N/N=C\c2cnn(-c3ccccc3)c2)cc1OC. The smallest absolute Gasteiger partial charge is 0.271 e. The van der Waals surface area contributed by atoms with E-state index in [1.165, 1.54) is 20.4 Å². The number of hydrogen-bond donors (Lipinski definition) is 1. The van der Waals surface area contributed by atoms with Crippen LogP contribution >= 0.6 is 0 Å². The first-order valence-corrected chi connectivity index (χ1v) is 7.87. The molecule has 26 heavy (non-hydrogen) atoms. The minimum atomic E-state index is -0.349. The summed E-state index contributed by atoms with van der Waals surface area (Å²) in [6, 6.07) is 14.6. The van der Waals surface area contributed by atoms with E-state index in [9.17, 15) is 4.79 Å². The maximum absolute atomic E-state index is 12.2. The summed E-state index contributed by atoms with van der Waals surface area (Å²) in [7, 11) is 3.06. The molecule has 132 valence electrons. The van der Waals surface area contributed by atoms with Crippen LogP contribution in [0.25, 0.3) is 5.69 Å². The van der Waals surface area contributed by atoms with Gasteiger partial charge in [-0.1, -0.05) is 18.2 Å². The molecule has 3 rings (SSSR count). The molecule has 0 unspecified atom stereocenters. The van der Waals surface area contributed by atoms with Crippen molar-refractivity contribution in [2.45, 2.75) is 0 Å². The van der Waals surface area contributed by atoms with Gasteiger partial charge in [-0.15, -0.1) is 0 Å². The standard InChI is InChI=1S/C19H18N4O3/c1-25-17-9-8-15(10-18(17)26-2)19(24)22-20-11-14-12-21-23(13-14)16-6-4-3-5-7-16/h3-13H,1-2H3,(H,22,24)/b20-11-. The number of nitrogens with one attached hydrogen (secondary N) is 1. The highest BCUT2D eigenvalue weighted by molar-refractivity contribution is 5.95. The van der Waals surface area contributed by atoms with Gasteiger partial charge in [0.1, 0.15) is 0 Å². The number of carbonyl (C=O) groups is 1. The number of benzene rings is 2. The van der Waals surface area contributed by atoms with E-state index in [1.54, 1.807) is 29.1 Å². The van der Waals surface area contributed by atoms with Gasteiger partial charge in [-0.3, -0.25) is 4.79 Å². The first-order valence-electron chi connectivity index (χ1n) is 7.87. The number of rotatable bonds is 6. The van der Waals surface area contributed by atoms with Crippen LogP contribution in [0, 0.1) is 0 Å². The lowest BCUT2D eigenvalue weighted by molar-refractivity contribution is 0.0954. The van der Waals surface area contributed by atoms with Crippen molar-refractivity contribution in [2.75, 3.05) is 14.2 Å². The van der Waals surface area contributed by atoms with Crippen molar-refractivity contribution in [1.82, 2.24) is 15.2 Å². The van der Waals surface area contributed by atoms with E-state index in [4.69, 9.17) is 9.47 Å². The van der Waals surface area contributed by atoms with Crippen molar-refractivity contribution in [3.8, 4) is 17.2 Å². The number of hydrogen-bond acceptors (Lipinski definition) is 5. The molecule has 0 bridgehead atoms. The molecule has 0 saturated heterocycles. The van der Waals surface area contributed by atoms with Crippen LogP contribution in [0.4, 0.5) is 0 Å². The van der Waals surface area contributed by atoms with Crippen LogP contribution in [0.3, 0.4) is 0 Å². The number of methoxy groups -OCH3 is 2. The third kappa shape index (κ3) is 3.89. The lowest BCUT2D eigenvalue weighted by Crippen LogP contribution is -2.17. The quantitative estimate of drug-likeness (QED) is 0.548. The average molecular weight is 350 g/mol. The second-order valence-electron chi connectivity index (χ2n) is 5.32. The molecule has 1 N–H and O–H groups in total. The van der Waals surface area contributed by atoms with E-state index in [0.29, 0.717) is 17.1 Å². The summed E-state index contributed by atoms with van der Waals surface area (Å²) in [6.07, 6.45) is 5.02. The van der Waals surface area contributed by atoms with E-state index in [-0.39, 0.29) is 5.91 Å². The Morgan fingerprint density at radius 3 is 2.62 bits per heavy atom. The fourth-order valence-corrected chi connectivity index (χ4v) is 2.33. The molecule has 0 spiro atoms. The topological polar surface area (TPSA) is 77.7 Å². The number of nitrogens with zero attached hydrogens (tertiary/aromatic N) is 3. The number of ether oxygens (including phenoxy) is 2. The lowest BCUT2D eigenvalue weighted by atomic mass is 10.2. The molecule has 2 aromatic carbocycles. The van der Waals surface area contributed by atoms with Crippen molar-refractivity contribution in [3.05, 3.63) is 72.1 Å². The second-order valence-corrected chi connectivity index (χ2v) is 5.32. The number of hydrazone groups is 1. The van der Waals surface area contributed by atoms with Crippen molar-refractivity contribution >= 4 is 12.1 Å². The van der Waals surface area contributed by atoms with Gasteiger partial charge in [-0.05, 0) is 30.3 Å². The molecule has 0 fully saturated rings. The molecule has 0 aliphatic carbocycles. The number of aromatic nitrogens is 2. The molecule has 0 radical (unpaired) electrons. The van der Waals surface area contributed by atoms with E-state index in [1.807, 2.05) is 36.5 Å². The van der Waals surface area contributed by atoms with Gasteiger partial charge in [-0.25, -0.2) is 10.1 Å². The van der Waals surface area contributed by atoms with Gasteiger partial charge in [-0.2, -0.15) is 10.2 Å². The number of para-hydroxylation sites is 1. The van der Waals surface area contributed by atoms with Crippen LogP contribution in [0.1, 0.15) is 15.9 Å². The Bertz CT molecular complexity index is 920. The van der Waals surface area contributed by atoms with Crippen molar-refractivity contribution in [1.29, 1.82) is 0 Å². The molecular formula is C19H18N4O3. The third-order valence-electron chi connectivity index (χ3n) is 3.65. The van der Waals surface area contributed by atoms with Crippen LogP contribution in [0.15, 0.2) is 66.0 Å². The van der Waals surface area contributed by atoms with E-state index in [2.05, 4.69) is 15.6 Å². The predicted molar refractivity (Wildman–Crippen MR) is 98.2 cm³/mol. The largest absolute Gasteiger partial charge is 0.493 e. The molecule has 0 atom stereocenters. The first kappa shape index (κ1) is 17.2. The fourth-order valence-electron chi connectivity index (χ4n) is 2.33. The van der Waals surface area contributed by atoms with Crippen LogP contribution in [-0.2, 0) is 0 Å². The van der Waals surface area contributed by atoms with Gasteiger partial charge in [0.15, 0.2) is 11.5 Å². The summed E-state index contributed by atoms with van der Waals surface area (Å²) < 4.78 is 12.1. The molecule has 0 aliphatic rings. The Kier molecular flexibility index (Phi) is 5.28. The summed E-state index contributed by atoms with van der Waals surface area (Å²) in [5.74, 6) is 0.687. The highest BCUT2D eigenvalue weighted by Crippen LogP contribution is 2.27. The maximum Gasteiger partial charge on any atom is 0.271 e. The van der Waals surface area contributed by atoms with Crippen molar-refractivity contribution < 1.29 is 14.3 Å². The molecule has 0 aliphatic heterocycles. The summed E-state index contributed by atoms with van der Waals surface area (Å²) in [5, 5.41) is 8.24. The third-order valence-corrected chi connectivity index (χ3v) is 3.65. The normalized spacial score (nSPS) is 10.7. The molecule has 1 amide bonds. The first-order chi connectivity index (χ1) is 12.7. The second kappa shape index (κ2) is 7.98. The van der Waals surface area contributed by atoms with Crippen LogP contribution in [0.5, 0.6) is 11.5 Å². The fraction of sp³-hybridized carbons (Fsp3) is 0.105. The van der Waals surface area contributed by atoms with Crippen LogP contribution in [0.2, 0.25) is 0 Å². The summed E-state index contributed by atoms with van der Waals surface area (Å²) in [4.78, 5) is 12.2. The highest BCUT2D eigenvalue weighted by atomic mass is 16.5. The number of carbonyl (C=O) groups excluding carboxylic acids is 1. The maximum atomic E-state index is 12.2. The Morgan fingerprint density at radius 1 is 1.12 bits per heavy atom. The Labute approximate surface area is 150 Å². The van der Waals surface area contributed by atoms with Gasteiger partial charge in [0.25, 0.3) is 5.91 Å². The van der Waals surface area contributed by atoms with Gasteiger partial charge >= 0.3 is 0 Å². The van der Waals surface area contributed by atoms with Crippen molar-refractivity contribution in [2.24, 2.45) is 5.10 Å². The Morgan fingerprint density at radius 2 is 1.88 bits per heavy atom. The summed E-state index contributed by atoms with van der Waals surface area (Å²) >= 11 is 0. The van der Waals surface area contributed by atoms with Gasteiger partial charge in [0, 0.05) is 17.3 Å².